The minimum atomic E-state index is -0.173. The number of para-hydroxylation sites is 1. The van der Waals surface area contributed by atoms with Gasteiger partial charge in [-0.1, -0.05) is 47.1 Å². The Labute approximate surface area is 192 Å². The topological polar surface area (TPSA) is 68.3 Å². The van der Waals surface area contributed by atoms with Gasteiger partial charge in [0.25, 0.3) is 5.56 Å². The van der Waals surface area contributed by atoms with E-state index in [1.807, 2.05) is 28.8 Å². The maximum atomic E-state index is 12.5. The number of anilines is 1. The van der Waals surface area contributed by atoms with Crippen LogP contribution in [0.3, 0.4) is 0 Å². The largest absolute Gasteiger partial charge is 0.341 e. The number of aromatic nitrogens is 5. The van der Waals surface area contributed by atoms with Gasteiger partial charge in [-0.05, 0) is 37.1 Å². The smallest absolute Gasteiger partial charge is 0.258 e. The average molecular weight is 473 g/mol. The zero-order valence-electron chi connectivity index (χ0n) is 16.4. The van der Waals surface area contributed by atoms with E-state index >= 15 is 0 Å². The lowest BCUT2D eigenvalue weighted by molar-refractivity contribution is 0.841. The van der Waals surface area contributed by atoms with Crippen LogP contribution in [-0.2, 0) is 5.75 Å². The van der Waals surface area contributed by atoms with E-state index in [0.29, 0.717) is 32.3 Å². The highest BCUT2D eigenvalue weighted by molar-refractivity contribution is 7.98. The molecule has 5 rings (SSSR count). The fraction of sp³-hybridized carbons (Fsp3) is 0.238. The van der Waals surface area contributed by atoms with E-state index in [-0.39, 0.29) is 5.56 Å². The number of hydrogen-bond acceptors (Lipinski definition) is 6. The van der Waals surface area contributed by atoms with Crippen molar-refractivity contribution in [2.24, 2.45) is 0 Å². The molecule has 0 bridgehead atoms. The first-order valence-corrected chi connectivity index (χ1v) is 11.6. The molecule has 1 aliphatic heterocycles. The molecule has 0 saturated carbocycles. The second-order valence-corrected chi connectivity index (χ2v) is 9.00. The zero-order chi connectivity index (χ0) is 21.4. The monoisotopic (exact) mass is 472 g/mol. The third-order valence-electron chi connectivity index (χ3n) is 5.12. The summed E-state index contributed by atoms with van der Waals surface area (Å²) < 4.78 is 3.43. The van der Waals surface area contributed by atoms with Crippen molar-refractivity contribution in [3.05, 3.63) is 74.8 Å². The third-order valence-corrected chi connectivity index (χ3v) is 6.63. The molecule has 4 heterocycles. The fourth-order valence-electron chi connectivity index (χ4n) is 3.66. The van der Waals surface area contributed by atoms with Gasteiger partial charge in [0, 0.05) is 31.1 Å². The lowest BCUT2D eigenvalue weighted by atomic mass is 10.3. The summed E-state index contributed by atoms with van der Waals surface area (Å²) in [5, 5.41) is 10.7. The van der Waals surface area contributed by atoms with Crippen LogP contribution in [-0.4, -0.2) is 37.2 Å². The molecule has 4 aromatic rings. The predicted octanol–water partition coefficient (Wildman–Crippen LogP) is 4.47. The maximum absolute atomic E-state index is 12.5. The summed E-state index contributed by atoms with van der Waals surface area (Å²) in [6.07, 6.45) is 3.83. The number of halogens is 2. The van der Waals surface area contributed by atoms with Gasteiger partial charge in [0.1, 0.15) is 5.65 Å². The average Bonchev–Trinajstić information content (AvgIpc) is 3.43. The molecule has 0 aliphatic carbocycles. The molecule has 31 heavy (non-hydrogen) atoms. The van der Waals surface area contributed by atoms with Gasteiger partial charge in [-0.25, -0.2) is 4.98 Å². The van der Waals surface area contributed by atoms with E-state index < -0.39 is 0 Å². The van der Waals surface area contributed by atoms with Crippen molar-refractivity contribution in [3.63, 3.8) is 0 Å². The molecule has 1 aromatic carbocycles. The number of pyridine rings is 1. The standard InChI is InChI=1S/C21H18Cl2N6OS/c22-14-7-8-18-24-15(11-19(30)28(18)12-14)13-31-21-26-25-20(27-9-3-4-10-27)29(21)17-6-2-1-5-16(17)23/h1-2,5-8,11-12H,3-4,9-10,13H2. The van der Waals surface area contributed by atoms with Crippen molar-refractivity contribution in [3.8, 4) is 5.69 Å². The Morgan fingerprint density at radius 1 is 1.03 bits per heavy atom. The molecule has 1 fully saturated rings. The second-order valence-electron chi connectivity index (χ2n) is 7.21. The molecule has 10 heteroatoms. The van der Waals surface area contributed by atoms with Crippen molar-refractivity contribution in [2.75, 3.05) is 18.0 Å². The van der Waals surface area contributed by atoms with E-state index in [1.165, 1.54) is 22.2 Å². The summed E-state index contributed by atoms with van der Waals surface area (Å²) >= 11 is 14.0. The van der Waals surface area contributed by atoms with Gasteiger partial charge < -0.3 is 4.90 Å². The second kappa shape index (κ2) is 8.53. The minimum absolute atomic E-state index is 0.173. The van der Waals surface area contributed by atoms with Crippen molar-refractivity contribution in [1.82, 2.24) is 24.1 Å². The van der Waals surface area contributed by atoms with E-state index in [0.717, 1.165) is 37.6 Å². The first-order valence-electron chi connectivity index (χ1n) is 9.86. The normalized spacial score (nSPS) is 13.9. The van der Waals surface area contributed by atoms with E-state index in [9.17, 15) is 4.79 Å². The van der Waals surface area contributed by atoms with Crippen LogP contribution in [0.1, 0.15) is 18.5 Å². The van der Waals surface area contributed by atoms with Gasteiger partial charge in [-0.2, -0.15) is 0 Å². The van der Waals surface area contributed by atoms with Crippen LogP contribution in [0, 0.1) is 0 Å². The molecular formula is C21H18Cl2N6OS. The number of rotatable bonds is 5. The van der Waals surface area contributed by atoms with Crippen LogP contribution in [0.25, 0.3) is 11.3 Å². The van der Waals surface area contributed by atoms with Gasteiger partial charge in [-0.3, -0.25) is 13.8 Å². The highest BCUT2D eigenvalue weighted by atomic mass is 35.5. The van der Waals surface area contributed by atoms with Gasteiger partial charge >= 0.3 is 0 Å². The van der Waals surface area contributed by atoms with Gasteiger partial charge in [-0.15, -0.1) is 10.2 Å². The summed E-state index contributed by atoms with van der Waals surface area (Å²) in [4.78, 5) is 19.3. The third kappa shape index (κ3) is 4.03. The Morgan fingerprint density at radius 3 is 2.65 bits per heavy atom. The quantitative estimate of drug-likeness (QED) is 0.399. The highest BCUT2D eigenvalue weighted by Crippen LogP contribution is 2.32. The van der Waals surface area contributed by atoms with Gasteiger partial charge in [0.15, 0.2) is 5.16 Å². The van der Waals surface area contributed by atoms with Crippen molar-refractivity contribution < 1.29 is 0 Å². The highest BCUT2D eigenvalue weighted by Gasteiger charge is 2.23. The van der Waals surface area contributed by atoms with Crippen LogP contribution in [0.5, 0.6) is 0 Å². The molecule has 0 unspecified atom stereocenters. The zero-order valence-corrected chi connectivity index (χ0v) is 18.7. The van der Waals surface area contributed by atoms with Crippen LogP contribution in [0.2, 0.25) is 10.0 Å². The van der Waals surface area contributed by atoms with Crippen molar-refractivity contribution in [2.45, 2.75) is 23.8 Å². The first-order chi connectivity index (χ1) is 15.1. The number of benzene rings is 1. The molecule has 0 N–H and O–H groups in total. The molecule has 0 radical (unpaired) electrons. The van der Waals surface area contributed by atoms with Crippen molar-refractivity contribution in [1.29, 1.82) is 0 Å². The van der Waals surface area contributed by atoms with Crippen LogP contribution in [0.15, 0.2) is 58.6 Å². The molecule has 1 aliphatic rings. The maximum Gasteiger partial charge on any atom is 0.258 e. The summed E-state index contributed by atoms with van der Waals surface area (Å²) in [7, 11) is 0. The molecule has 1 saturated heterocycles. The first kappa shape index (κ1) is 20.4. The Hall–Kier alpha value is -2.55. The molecular weight excluding hydrogens is 455 g/mol. The number of hydrogen-bond donors (Lipinski definition) is 0. The number of thioether (sulfide) groups is 1. The molecule has 0 atom stereocenters. The van der Waals surface area contributed by atoms with E-state index in [4.69, 9.17) is 23.2 Å². The summed E-state index contributed by atoms with van der Waals surface area (Å²) in [5.74, 6) is 1.26. The van der Waals surface area contributed by atoms with E-state index in [1.54, 1.807) is 18.3 Å². The number of nitrogens with zero attached hydrogens (tertiary/aromatic N) is 6. The van der Waals surface area contributed by atoms with Gasteiger partial charge in [0.05, 0.1) is 21.4 Å². The van der Waals surface area contributed by atoms with E-state index in [2.05, 4.69) is 20.1 Å². The number of fused-ring (bicyclic) bond motifs is 1. The Kier molecular flexibility index (Phi) is 5.60. The van der Waals surface area contributed by atoms with Crippen LogP contribution >= 0.6 is 35.0 Å². The SMILES string of the molecule is O=c1cc(CSc2nnc(N3CCCC3)n2-c2ccccc2Cl)nc2ccc(Cl)cn12. The minimum Gasteiger partial charge on any atom is -0.341 e. The molecule has 7 nitrogen and oxygen atoms in total. The van der Waals surface area contributed by atoms with Crippen molar-refractivity contribution >= 4 is 46.6 Å². The van der Waals surface area contributed by atoms with Gasteiger partial charge in [0.2, 0.25) is 5.95 Å². The Bertz CT molecular complexity index is 1310. The predicted molar refractivity (Wildman–Crippen MR) is 124 cm³/mol. The lowest BCUT2D eigenvalue weighted by Crippen LogP contribution is -2.22. The Balaban J connectivity index is 1.50. The summed E-state index contributed by atoms with van der Waals surface area (Å²) in [5.41, 5.74) is 1.87. The molecule has 3 aromatic heterocycles. The molecule has 0 spiro atoms. The van der Waals surface area contributed by atoms with Crippen LogP contribution in [0.4, 0.5) is 5.95 Å². The summed E-state index contributed by atoms with van der Waals surface area (Å²) in [6.45, 7) is 1.89. The summed E-state index contributed by atoms with van der Waals surface area (Å²) in [6, 6.07) is 12.6. The Morgan fingerprint density at radius 2 is 1.84 bits per heavy atom. The lowest BCUT2D eigenvalue weighted by Gasteiger charge is -2.19. The van der Waals surface area contributed by atoms with Crippen LogP contribution < -0.4 is 10.5 Å². The molecule has 0 amide bonds. The fourth-order valence-corrected chi connectivity index (χ4v) is 4.87. The molecule has 158 valence electrons.